The number of nitrogens with zero attached hydrogens (tertiary/aromatic N) is 1. The minimum atomic E-state index is -0.680. The Hall–Kier alpha value is -3.53. The summed E-state index contributed by atoms with van der Waals surface area (Å²) in [5.74, 6) is -1.46. The zero-order valence-corrected chi connectivity index (χ0v) is 15.3. The predicted octanol–water partition coefficient (Wildman–Crippen LogP) is 5.35. The van der Waals surface area contributed by atoms with E-state index in [0.717, 1.165) is 16.8 Å². The van der Waals surface area contributed by atoms with Crippen molar-refractivity contribution in [3.8, 4) is 11.3 Å². The van der Waals surface area contributed by atoms with Crippen LogP contribution < -0.4 is 0 Å². The lowest BCUT2D eigenvalue weighted by atomic mass is 9.88. The zero-order valence-electron chi connectivity index (χ0n) is 15.3. The van der Waals surface area contributed by atoms with E-state index in [0.29, 0.717) is 16.5 Å². The number of ether oxygens (including phenoxy) is 1. The molecule has 0 radical (unpaired) electrons. The van der Waals surface area contributed by atoms with Crippen LogP contribution in [0.1, 0.15) is 17.0 Å². The fraction of sp³-hybridized carbons (Fsp3) is 0.0833. The molecule has 1 heterocycles. The van der Waals surface area contributed by atoms with Gasteiger partial charge in [-0.3, -0.25) is 4.79 Å². The van der Waals surface area contributed by atoms with Gasteiger partial charge in [0.15, 0.2) is 0 Å². The first kappa shape index (κ1) is 17.9. The summed E-state index contributed by atoms with van der Waals surface area (Å²) >= 11 is 0. The molecule has 0 saturated carbocycles. The lowest BCUT2D eigenvalue weighted by molar-refractivity contribution is -0.141. The van der Waals surface area contributed by atoms with Gasteiger partial charge in [-0.05, 0) is 35.4 Å². The predicted molar refractivity (Wildman–Crippen MR) is 107 cm³/mol. The Morgan fingerprint density at radius 2 is 1.61 bits per heavy atom. The summed E-state index contributed by atoms with van der Waals surface area (Å²) in [4.78, 5) is 17.4. The van der Waals surface area contributed by atoms with E-state index in [9.17, 15) is 9.18 Å². The highest BCUT2D eigenvalue weighted by atomic mass is 19.1. The van der Waals surface area contributed by atoms with Gasteiger partial charge in [0.1, 0.15) is 11.7 Å². The maximum absolute atomic E-state index is 14.0. The average molecular weight is 371 g/mol. The number of aromatic nitrogens is 1. The van der Waals surface area contributed by atoms with Crippen LogP contribution in [0, 0.1) is 5.82 Å². The summed E-state index contributed by atoms with van der Waals surface area (Å²) in [6, 6.07) is 25.4. The van der Waals surface area contributed by atoms with E-state index in [1.165, 1.54) is 19.2 Å². The molecule has 0 fully saturated rings. The van der Waals surface area contributed by atoms with Crippen LogP contribution >= 0.6 is 0 Å². The highest BCUT2D eigenvalue weighted by molar-refractivity contribution is 5.93. The number of rotatable bonds is 4. The smallest absolute Gasteiger partial charge is 0.317 e. The Morgan fingerprint density at radius 3 is 2.29 bits per heavy atom. The van der Waals surface area contributed by atoms with Crippen molar-refractivity contribution >= 4 is 16.9 Å². The van der Waals surface area contributed by atoms with Gasteiger partial charge >= 0.3 is 5.97 Å². The summed E-state index contributed by atoms with van der Waals surface area (Å²) in [6.07, 6.45) is 0. The molecule has 4 rings (SSSR count). The van der Waals surface area contributed by atoms with Gasteiger partial charge in [-0.15, -0.1) is 0 Å². The quantitative estimate of drug-likeness (QED) is 0.454. The first-order chi connectivity index (χ1) is 13.7. The van der Waals surface area contributed by atoms with E-state index in [2.05, 4.69) is 4.98 Å². The molecule has 1 aromatic heterocycles. The molecule has 3 aromatic carbocycles. The van der Waals surface area contributed by atoms with E-state index in [4.69, 9.17) is 4.74 Å². The monoisotopic (exact) mass is 371 g/mol. The van der Waals surface area contributed by atoms with E-state index < -0.39 is 11.9 Å². The normalized spacial score (nSPS) is 11.9. The van der Waals surface area contributed by atoms with Crippen LogP contribution in [0.25, 0.3) is 22.2 Å². The number of esters is 1. The highest BCUT2D eigenvalue weighted by Crippen LogP contribution is 2.34. The van der Waals surface area contributed by atoms with Crippen LogP contribution in [0.2, 0.25) is 0 Å². The topological polar surface area (TPSA) is 39.2 Å². The molecule has 0 N–H and O–H groups in total. The molecule has 0 aliphatic heterocycles. The minimum Gasteiger partial charge on any atom is -0.468 e. The maximum Gasteiger partial charge on any atom is 0.317 e. The summed E-state index contributed by atoms with van der Waals surface area (Å²) < 4.78 is 19.1. The Kier molecular flexibility index (Phi) is 4.85. The van der Waals surface area contributed by atoms with Crippen LogP contribution in [0.3, 0.4) is 0 Å². The standard InChI is InChI=1S/C24H18FNO2/c1-28-24(27)23(17-10-6-3-7-11-17)20-15-22(16-8-4-2-5-9-16)26-21-13-12-18(25)14-19(20)21/h2-15,23H,1H3. The van der Waals surface area contributed by atoms with Gasteiger partial charge in [0.2, 0.25) is 0 Å². The van der Waals surface area contributed by atoms with Crippen molar-refractivity contribution in [3.05, 3.63) is 102 Å². The molecule has 0 bridgehead atoms. The molecule has 4 heteroatoms. The average Bonchev–Trinajstić information content (AvgIpc) is 2.75. The number of halogens is 1. The van der Waals surface area contributed by atoms with Crippen molar-refractivity contribution in [3.63, 3.8) is 0 Å². The summed E-state index contributed by atoms with van der Waals surface area (Å²) in [5, 5.41) is 0.596. The fourth-order valence-electron chi connectivity index (χ4n) is 3.43. The molecular formula is C24H18FNO2. The van der Waals surface area contributed by atoms with Crippen LogP contribution in [-0.4, -0.2) is 18.1 Å². The van der Waals surface area contributed by atoms with Crippen LogP contribution in [0.15, 0.2) is 84.9 Å². The summed E-state index contributed by atoms with van der Waals surface area (Å²) in [5.41, 5.74) is 3.72. The Bertz CT molecular complexity index is 1130. The third-order valence-corrected chi connectivity index (χ3v) is 4.75. The number of hydrogen-bond donors (Lipinski definition) is 0. The largest absolute Gasteiger partial charge is 0.468 e. The fourth-order valence-corrected chi connectivity index (χ4v) is 3.43. The minimum absolute atomic E-state index is 0.375. The number of pyridine rings is 1. The van der Waals surface area contributed by atoms with Gasteiger partial charge in [-0.2, -0.15) is 0 Å². The lowest BCUT2D eigenvalue weighted by Crippen LogP contribution is -2.16. The van der Waals surface area contributed by atoms with E-state index in [1.807, 2.05) is 66.7 Å². The Labute approximate surface area is 162 Å². The highest BCUT2D eigenvalue weighted by Gasteiger charge is 2.26. The van der Waals surface area contributed by atoms with Crippen molar-refractivity contribution in [1.82, 2.24) is 4.98 Å². The number of benzene rings is 3. The third-order valence-electron chi connectivity index (χ3n) is 4.75. The molecular weight excluding hydrogens is 353 g/mol. The summed E-state index contributed by atoms with van der Waals surface area (Å²) in [7, 11) is 1.36. The number of hydrogen-bond acceptors (Lipinski definition) is 3. The van der Waals surface area contributed by atoms with Crippen molar-refractivity contribution in [2.24, 2.45) is 0 Å². The first-order valence-electron chi connectivity index (χ1n) is 8.96. The molecule has 138 valence electrons. The van der Waals surface area contributed by atoms with E-state index in [1.54, 1.807) is 6.07 Å². The lowest BCUT2D eigenvalue weighted by Gasteiger charge is -2.19. The number of methoxy groups -OCH3 is 1. The van der Waals surface area contributed by atoms with Crippen molar-refractivity contribution in [2.75, 3.05) is 7.11 Å². The second-order valence-electron chi connectivity index (χ2n) is 6.49. The van der Waals surface area contributed by atoms with Crippen LogP contribution in [0.4, 0.5) is 4.39 Å². The van der Waals surface area contributed by atoms with Crippen LogP contribution in [-0.2, 0) is 9.53 Å². The Balaban J connectivity index is 2.02. The van der Waals surface area contributed by atoms with Gasteiger partial charge in [-0.1, -0.05) is 60.7 Å². The van der Waals surface area contributed by atoms with Gasteiger partial charge in [0.05, 0.1) is 18.3 Å². The third kappa shape index (κ3) is 3.37. The SMILES string of the molecule is COC(=O)C(c1ccccc1)c1cc(-c2ccccc2)nc2ccc(F)cc12. The molecule has 0 aliphatic carbocycles. The molecule has 0 aliphatic rings. The molecule has 1 atom stereocenters. The first-order valence-corrected chi connectivity index (χ1v) is 8.96. The second kappa shape index (κ2) is 7.61. The molecule has 0 spiro atoms. The number of carbonyl (C=O) groups is 1. The van der Waals surface area contributed by atoms with Gasteiger partial charge in [-0.25, -0.2) is 9.37 Å². The van der Waals surface area contributed by atoms with E-state index in [-0.39, 0.29) is 5.82 Å². The van der Waals surface area contributed by atoms with Crippen molar-refractivity contribution in [2.45, 2.75) is 5.92 Å². The second-order valence-corrected chi connectivity index (χ2v) is 6.49. The van der Waals surface area contributed by atoms with Crippen LogP contribution in [0.5, 0.6) is 0 Å². The Morgan fingerprint density at radius 1 is 0.929 bits per heavy atom. The molecule has 4 aromatic rings. The summed E-state index contributed by atoms with van der Waals surface area (Å²) in [6.45, 7) is 0. The maximum atomic E-state index is 14.0. The van der Waals surface area contributed by atoms with Crippen molar-refractivity contribution in [1.29, 1.82) is 0 Å². The molecule has 28 heavy (non-hydrogen) atoms. The van der Waals surface area contributed by atoms with Gasteiger partial charge in [0.25, 0.3) is 0 Å². The van der Waals surface area contributed by atoms with E-state index >= 15 is 0 Å². The molecule has 0 amide bonds. The van der Waals surface area contributed by atoms with Crippen molar-refractivity contribution < 1.29 is 13.9 Å². The molecule has 3 nitrogen and oxygen atoms in total. The molecule has 0 saturated heterocycles. The number of fused-ring (bicyclic) bond motifs is 1. The van der Waals surface area contributed by atoms with Gasteiger partial charge < -0.3 is 4.74 Å². The zero-order chi connectivity index (χ0) is 19.5. The van der Waals surface area contributed by atoms with Gasteiger partial charge in [0, 0.05) is 10.9 Å². The number of carbonyl (C=O) groups excluding carboxylic acids is 1. The molecule has 1 unspecified atom stereocenters.